The van der Waals surface area contributed by atoms with Gasteiger partial charge < -0.3 is 5.11 Å². The molecular weight excluding hydrogens is 268 g/mol. The largest absolute Gasteiger partial charge is 0.400 e. The fourth-order valence-electron chi connectivity index (χ4n) is 2.73. The van der Waals surface area contributed by atoms with Crippen LogP contribution in [0, 0.1) is 5.41 Å². The van der Waals surface area contributed by atoms with Gasteiger partial charge in [0.15, 0.2) is 0 Å². The Morgan fingerprint density at radius 3 is 2.27 bits per heavy atom. The number of allylic oxidation sites excluding steroid dienone is 10. The van der Waals surface area contributed by atoms with Gasteiger partial charge in [0, 0.05) is 7.11 Å². The van der Waals surface area contributed by atoms with E-state index in [1.54, 1.807) is 5.57 Å². The molecule has 0 saturated heterocycles. The number of rotatable bonds is 4. The molecule has 1 rings (SSSR count). The van der Waals surface area contributed by atoms with Crippen molar-refractivity contribution in [2.75, 3.05) is 7.11 Å². The van der Waals surface area contributed by atoms with Crippen LogP contribution in [0.4, 0.5) is 0 Å². The number of aliphatic hydroxyl groups is 1. The quantitative estimate of drug-likeness (QED) is 0.618. The Kier molecular flexibility index (Phi) is 9.76. The predicted octanol–water partition coefficient (Wildman–Crippen LogP) is 6.15. The summed E-state index contributed by atoms with van der Waals surface area (Å²) < 4.78 is 0. The highest BCUT2D eigenvalue weighted by atomic mass is 16.2. The Hall–Kier alpha value is -1.34. The summed E-state index contributed by atoms with van der Waals surface area (Å²) in [5.74, 6) is 0. The van der Waals surface area contributed by atoms with E-state index in [2.05, 4.69) is 78.0 Å². The Bertz CT molecular complexity index is 482. The normalized spacial score (nSPS) is 19.6. The molecule has 0 unspecified atom stereocenters. The van der Waals surface area contributed by atoms with Gasteiger partial charge >= 0.3 is 0 Å². The first-order chi connectivity index (χ1) is 10.4. The summed E-state index contributed by atoms with van der Waals surface area (Å²) in [7, 11) is 1.00. The van der Waals surface area contributed by atoms with Crippen molar-refractivity contribution in [3.8, 4) is 0 Å². The summed E-state index contributed by atoms with van der Waals surface area (Å²) >= 11 is 0. The molecule has 124 valence electrons. The Morgan fingerprint density at radius 2 is 1.73 bits per heavy atom. The molecule has 1 aliphatic rings. The molecule has 0 amide bonds. The van der Waals surface area contributed by atoms with Gasteiger partial charge in [-0.15, -0.1) is 0 Å². The van der Waals surface area contributed by atoms with Gasteiger partial charge in [0.2, 0.25) is 0 Å². The first-order valence-electron chi connectivity index (χ1n) is 8.18. The Morgan fingerprint density at radius 1 is 1.09 bits per heavy atom. The van der Waals surface area contributed by atoms with Gasteiger partial charge in [-0.1, -0.05) is 67.0 Å². The lowest BCUT2D eigenvalue weighted by Gasteiger charge is -2.32. The zero-order valence-electron chi connectivity index (χ0n) is 15.5. The lowest BCUT2D eigenvalue weighted by molar-refractivity contribution is 0.377. The predicted molar refractivity (Wildman–Crippen MR) is 99.9 cm³/mol. The minimum Gasteiger partial charge on any atom is -0.400 e. The molecule has 0 atom stereocenters. The van der Waals surface area contributed by atoms with Gasteiger partial charge in [-0.25, -0.2) is 0 Å². The molecule has 0 bridgehead atoms. The van der Waals surface area contributed by atoms with Crippen molar-refractivity contribution < 1.29 is 5.11 Å². The SMILES string of the molecule is C/C=C(C)/C=C/C=C(C)/C=C/C1=C(C)CCCC1(C)C.CO. The minimum atomic E-state index is 0.330. The van der Waals surface area contributed by atoms with Crippen LogP contribution in [0.2, 0.25) is 0 Å². The van der Waals surface area contributed by atoms with E-state index in [1.807, 2.05) is 0 Å². The summed E-state index contributed by atoms with van der Waals surface area (Å²) in [6.07, 6.45) is 17.0. The summed E-state index contributed by atoms with van der Waals surface area (Å²) in [5.41, 5.74) is 6.02. The van der Waals surface area contributed by atoms with E-state index in [0.29, 0.717) is 5.41 Å². The van der Waals surface area contributed by atoms with Crippen molar-refractivity contribution in [3.63, 3.8) is 0 Å². The third-order valence-corrected chi connectivity index (χ3v) is 4.23. The zero-order chi connectivity index (χ0) is 17.2. The van der Waals surface area contributed by atoms with Crippen molar-refractivity contribution in [2.24, 2.45) is 5.41 Å². The third-order valence-electron chi connectivity index (χ3n) is 4.23. The fraction of sp³-hybridized carbons (Fsp3) is 0.524. The lowest BCUT2D eigenvalue weighted by atomic mass is 9.72. The molecule has 0 saturated carbocycles. The average Bonchev–Trinajstić information content (AvgIpc) is 2.48. The average molecular weight is 303 g/mol. The standard InChI is InChI=1S/C20H30.CH4O/c1-7-16(2)10-8-11-17(3)13-14-19-18(4)12-9-15-20(19,5)6;1-2/h7-8,10-11,13-14H,9,12,15H2,1-6H3;2H,1H3/b10-8+,14-13+,16-7+,17-11+;. The van der Waals surface area contributed by atoms with Gasteiger partial charge in [-0.05, 0) is 57.9 Å². The fourth-order valence-corrected chi connectivity index (χ4v) is 2.73. The topological polar surface area (TPSA) is 20.2 Å². The molecule has 0 aliphatic heterocycles. The summed E-state index contributed by atoms with van der Waals surface area (Å²) in [5, 5.41) is 7.00. The maximum atomic E-state index is 7.00. The highest BCUT2D eigenvalue weighted by Gasteiger charge is 2.26. The maximum absolute atomic E-state index is 7.00. The first-order valence-corrected chi connectivity index (χ1v) is 8.18. The molecule has 1 N–H and O–H groups in total. The van der Waals surface area contributed by atoms with E-state index in [4.69, 9.17) is 5.11 Å². The molecule has 0 spiro atoms. The highest BCUT2D eigenvalue weighted by Crippen LogP contribution is 2.40. The van der Waals surface area contributed by atoms with Crippen LogP contribution in [-0.4, -0.2) is 12.2 Å². The van der Waals surface area contributed by atoms with Crippen LogP contribution in [0.1, 0.15) is 60.8 Å². The summed E-state index contributed by atoms with van der Waals surface area (Å²) in [4.78, 5) is 0. The van der Waals surface area contributed by atoms with E-state index >= 15 is 0 Å². The van der Waals surface area contributed by atoms with Crippen LogP contribution >= 0.6 is 0 Å². The van der Waals surface area contributed by atoms with Crippen LogP contribution in [0.5, 0.6) is 0 Å². The molecule has 0 radical (unpaired) electrons. The summed E-state index contributed by atoms with van der Waals surface area (Å²) in [6.45, 7) is 13.4. The molecule has 0 heterocycles. The van der Waals surface area contributed by atoms with Gasteiger partial charge in [0.25, 0.3) is 0 Å². The van der Waals surface area contributed by atoms with Crippen molar-refractivity contribution in [1.29, 1.82) is 0 Å². The van der Waals surface area contributed by atoms with Crippen LogP contribution in [-0.2, 0) is 0 Å². The molecule has 0 aromatic heterocycles. The van der Waals surface area contributed by atoms with Crippen molar-refractivity contribution >= 4 is 0 Å². The third kappa shape index (κ3) is 7.09. The van der Waals surface area contributed by atoms with Crippen LogP contribution in [0.15, 0.2) is 58.7 Å². The van der Waals surface area contributed by atoms with Crippen LogP contribution in [0.3, 0.4) is 0 Å². The summed E-state index contributed by atoms with van der Waals surface area (Å²) in [6, 6.07) is 0. The molecule has 1 heteroatoms. The van der Waals surface area contributed by atoms with Crippen LogP contribution in [0.25, 0.3) is 0 Å². The monoisotopic (exact) mass is 302 g/mol. The second-order valence-electron chi connectivity index (χ2n) is 6.57. The molecule has 22 heavy (non-hydrogen) atoms. The van der Waals surface area contributed by atoms with Gasteiger partial charge in [0.1, 0.15) is 0 Å². The Labute approximate surface area is 137 Å². The smallest absolute Gasteiger partial charge is 0.0319 e. The lowest BCUT2D eigenvalue weighted by Crippen LogP contribution is -2.19. The zero-order valence-corrected chi connectivity index (χ0v) is 15.5. The Balaban J connectivity index is 0.00000211. The van der Waals surface area contributed by atoms with Gasteiger partial charge in [0.05, 0.1) is 0 Å². The molecular formula is C21H34O. The highest BCUT2D eigenvalue weighted by molar-refractivity contribution is 5.37. The number of hydrogen-bond donors (Lipinski definition) is 1. The van der Waals surface area contributed by atoms with E-state index in [9.17, 15) is 0 Å². The molecule has 1 aliphatic carbocycles. The van der Waals surface area contributed by atoms with E-state index in [1.165, 1.54) is 36.0 Å². The van der Waals surface area contributed by atoms with Crippen molar-refractivity contribution in [1.82, 2.24) is 0 Å². The van der Waals surface area contributed by atoms with Crippen molar-refractivity contribution in [3.05, 3.63) is 58.7 Å². The molecule has 0 fully saturated rings. The van der Waals surface area contributed by atoms with Crippen LogP contribution < -0.4 is 0 Å². The second kappa shape index (κ2) is 10.4. The maximum Gasteiger partial charge on any atom is 0.0319 e. The molecule has 1 nitrogen and oxygen atoms in total. The van der Waals surface area contributed by atoms with E-state index in [-0.39, 0.29) is 0 Å². The second-order valence-corrected chi connectivity index (χ2v) is 6.57. The van der Waals surface area contributed by atoms with Crippen molar-refractivity contribution in [2.45, 2.75) is 60.8 Å². The van der Waals surface area contributed by atoms with E-state index in [0.717, 1.165) is 7.11 Å². The van der Waals surface area contributed by atoms with Gasteiger partial charge in [-0.3, -0.25) is 0 Å². The molecule has 0 aromatic rings. The number of hydrogen-bond acceptors (Lipinski definition) is 1. The minimum absolute atomic E-state index is 0.330. The van der Waals surface area contributed by atoms with E-state index < -0.39 is 0 Å². The number of aliphatic hydroxyl groups excluding tert-OH is 1. The first kappa shape index (κ1) is 20.7. The van der Waals surface area contributed by atoms with Gasteiger partial charge in [-0.2, -0.15) is 0 Å². The molecule has 0 aromatic carbocycles.